The number of allylic oxidation sites excluding steroid dienone is 2. The van der Waals surface area contributed by atoms with Crippen molar-refractivity contribution in [3.05, 3.63) is 11.6 Å². The van der Waals surface area contributed by atoms with E-state index in [0.29, 0.717) is 15.8 Å². The Kier molecular flexibility index (Phi) is 2.21. The molecule has 1 spiro atoms. The van der Waals surface area contributed by atoms with Gasteiger partial charge in [0, 0.05) is 12.3 Å². The lowest BCUT2D eigenvalue weighted by molar-refractivity contribution is -0.114. The first kappa shape index (κ1) is 9.34. The second kappa shape index (κ2) is 3.31. The molecule has 76 valence electrons. The monoisotopic (exact) mass is 226 g/mol. The zero-order valence-corrected chi connectivity index (χ0v) is 9.76. The number of fused-ring (bicyclic) bond motifs is 2. The van der Waals surface area contributed by atoms with Gasteiger partial charge in [-0.2, -0.15) is 0 Å². The van der Waals surface area contributed by atoms with Crippen molar-refractivity contribution in [1.82, 2.24) is 0 Å². The maximum Gasteiger partial charge on any atom is 0.158 e. The summed E-state index contributed by atoms with van der Waals surface area (Å²) in [6.07, 6.45) is 6.62. The normalized spacial score (nSPS) is 34.7. The maximum absolute atomic E-state index is 11.6. The van der Waals surface area contributed by atoms with Crippen molar-refractivity contribution in [3.8, 4) is 0 Å². The summed E-state index contributed by atoms with van der Waals surface area (Å²) in [4.78, 5) is 11.6. The van der Waals surface area contributed by atoms with Crippen LogP contribution in [0, 0.1) is 5.92 Å². The van der Waals surface area contributed by atoms with Crippen molar-refractivity contribution >= 4 is 29.3 Å². The van der Waals surface area contributed by atoms with E-state index >= 15 is 0 Å². The van der Waals surface area contributed by atoms with Crippen LogP contribution in [0.4, 0.5) is 0 Å². The number of carbonyl (C=O) groups excluding carboxylic acids is 1. The Bertz CT molecular complexity index is 302. The molecule has 1 atom stereocenters. The lowest BCUT2D eigenvalue weighted by Gasteiger charge is -2.37. The number of hydrogen-bond donors (Lipinski definition) is 0. The highest BCUT2D eigenvalue weighted by Crippen LogP contribution is 2.59. The molecule has 3 heteroatoms. The van der Waals surface area contributed by atoms with Gasteiger partial charge in [0.15, 0.2) is 5.78 Å². The molecule has 14 heavy (non-hydrogen) atoms. The van der Waals surface area contributed by atoms with Crippen LogP contribution >= 0.6 is 23.5 Å². The Balaban J connectivity index is 1.88. The van der Waals surface area contributed by atoms with Gasteiger partial charge in [0.05, 0.1) is 4.08 Å². The zero-order chi connectivity index (χ0) is 9.60. The molecule has 2 aliphatic carbocycles. The molecule has 0 amide bonds. The van der Waals surface area contributed by atoms with Crippen LogP contribution in [-0.4, -0.2) is 21.4 Å². The molecule has 0 radical (unpaired) electrons. The second-order valence-electron chi connectivity index (χ2n) is 4.24. The predicted octanol–water partition coefficient (Wildman–Crippen LogP) is 2.86. The number of carbonyl (C=O) groups is 1. The minimum atomic E-state index is 0.375. The molecule has 2 fully saturated rings. The summed E-state index contributed by atoms with van der Waals surface area (Å²) in [5.74, 6) is 3.60. The molecule has 1 saturated heterocycles. The molecule has 1 aliphatic heterocycles. The van der Waals surface area contributed by atoms with Crippen LogP contribution in [0.25, 0.3) is 0 Å². The van der Waals surface area contributed by atoms with E-state index in [0.717, 1.165) is 19.3 Å². The molecule has 3 rings (SSSR count). The third-order valence-electron chi connectivity index (χ3n) is 3.48. The fourth-order valence-electron chi connectivity index (χ4n) is 2.79. The molecule has 0 bridgehead atoms. The molecule has 1 nitrogen and oxygen atoms in total. The lowest BCUT2D eigenvalue weighted by atomic mass is 10.0. The first-order valence-corrected chi connectivity index (χ1v) is 7.30. The van der Waals surface area contributed by atoms with Gasteiger partial charge in [-0.15, -0.1) is 23.5 Å². The zero-order valence-electron chi connectivity index (χ0n) is 8.12. The van der Waals surface area contributed by atoms with Crippen LogP contribution in [0.5, 0.6) is 0 Å². The first-order valence-electron chi connectivity index (χ1n) is 5.33. The fourth-order valence-corrected chi connectivity index (χ4v) is 6.37. The van der Waals surface area contributed by atoms with Gasteiger partial charge in [-0.1, -0.05) is 6.08 Å². The molecule has 0 N–H and O–H groups in total. The number of thioether (sulfide) groups is 2. The minimum Gasteiger partial charge on any atom is -0.295 e. The van der Waals surface area contributed by atoms with Crippen molar-refractivity contribution in [1.29, 1.82) is 0 Å². The van der Waals surface area contributed by atoms with E-state index in [1.165, 1.54) is 23.5 Å². The van der Waals surface area contributed by atoms with Gasteiger partial charge in [0.1, 0.15) is 0 Å². The van der Waals surface area contributed by atoms with E-state index in [1.807, 2.05) is 0 Å². The third kappa shape index (κ3) is 1.21. The average Bonchev–Trinajstić information content (AvgIpc) is 2.73. The Morgan fingerprint density at radius 2 is 2.14 bits per heavy atom. The van der Waals surface area contributed by atoms with Crippen LogP contribution in [-0.2, 0) is 4.79 Å². The predicted molar refractivity (Wildman–Crippen MR) is 62.7 cm³/mol. The van der Waals surface area contributed by atoms with Crippen molar-refractivity contribution < 1.29 is 4.79 Å². The smallest absolute Gasteiger partial charge is 0.158 e. The Labute approximate surface area is 93.1 Å². The van der Waals surface area contributed by atoms with Gasteiger partial charge in [-0.05, 0) is 36.3 Å². The Morgan fingerprint density at radius 1 is 1.36 bits per heavy atom. The summed E-state index contributed by atoms with van der Waals surface area (Å²) in [5, 5.41) is 0. The van der Waals surface area contributed by atoms with Crippen molar-refractivity contribution in [2.75, 3.05) is 11.5 Å². The summed E-state index contributed by atoms with van der Waals surface area (Å²) in [6.45, 7) is 0. The van der Waals surface area contributed by atoms with Gasteiger partial charge in [-0.3, -0.25) is 4.79 Å². The van der Waals surface area contributed by atoms with Crippen LogP contribution in [0.2, 0.25) is 0 Å². The highest BCUT2D eigenvalue weighted by molar-refractivity contribution is 8.18. The third-order valence-corrected chi connectivity index (χ3v) is 7.05. The topological polar surface area (TPSA) is 17.1 Å². The van der Waals surface area contributed by atoms with Crippen molar-refractivity contribution in [2.45, 2.75) is 29.8 Å². The average molecular weight is 226 g/mol. The summed E-state index contributed by atoms with van der Waals surface area (Å²) >= 11 is 4.22. The molecular weight excluding hydrogens is 212 g/mol. The largest absolute Gasteiger partial charge is 0.295 e. The van der Waals surface area contributed by atoms with Gasteiger partial charge < -0.3 is 0 Å². The van der Waals surface area contributed by atoms with E-state index in [-0.39, 0.29) is 0 Å². The Hall–Kier alpha value is 0.110. The fraction of sp³-hybridized carbons (Fsp3) is 0.727. The van der Waals surface area contributed by atoms with E-state index < -0.39 is 0 Å². The maximum atomic E-state index is 11.6. The quantitative estimate of drug-likeness (QED) is 0.632. The summed E-state index contributed by atoms with van der Waals surface area (Å²) in [6, 6.07) is 0. The molecule has 0 aromatic carbocycles. The van der Waals surface area contributed by atoms with Crippen LogP contribution in [0.1, 0.15) is 25.7 Å². The molecular formula is C11H14OS2. The number of Topliss-reactive ketones (excluding diaryl/α,β-unsaturated/α-hetero) is 1. The summed E-state index contributed by atoms with van der Waals surface area (Å²) in [7, 11) is 0. The Morgan fingerprint density at radius 3 is 2.93 bits per heavy atom. The van der Waals surface area contributed by atoms with Gasteiger partial charge in [0.25, 0.3) is 0 Å². The molecule has 1 saturated carbocycles. The van der Waals surface area contributed by atoms with E-state index in [9.17, 15) is 4.79 Å². The number of ketones is 1. The molecule has 0 aromatic rings. The van der Waals surface area contributed by atoms with Crippen molar-refractivity contribution in [2.24, 2.45) is 5.92 Å². The van der Waals surface area contributed by atoms with E-state index in [4.69, 9.17) is 0 Å². The second-order valence-corrected chi connectivity index (χ2v) is 7.35. The van der Waals surface area contributed by atoms with Crippen LogP contribution < -0.4 is 0 Å². The number of hydrogen-bond acceptors (Lipinski definition) is 3. The first-order chi connectivity index (χ1) is 6.82. The molecule has 3 aliphatic rings. The highest BCUT2D eigenvalue weighted by Gasteiger charge is 2.50. The standard InChI is InChI=1S/C11H14OS2/c12-10-3-2-9-8(10)4-5-11(9)13-6-1-7-14-11/h4,9H,1-3,5-7H2/t9-/m1/s1. The van der Waals surface area contributed by atoms with E-state index in [1.54, 1.807) is 0 Å². The summed E-state index contributed by atoms with van der Waals surface area (Å²) < 4.78 is 0.375. The molecule has 0 unspecified atom stereocenters. The van der Waals surface area contributed by atoms with Gasteiger partial charge in [-0.25, -0.2) is 0 Å². The summed E-state index contributed by atoms with van der Waals surface area (Å²) in [5.41, 5.74) is 1.17. The minimum absolute atomic E-state index is 0.375. The van der Waals surface area contributed by atoms with Gasteiger partial charge >= 0.3 is 0 Å². The van der Waals surface area contributed by atoms with E-state index in [2.05, 4.69) is 29.6 Å². The lowest BCUT2D eigenvalue weighted by Crippen LogP contribution is -2.29. The van der Waals surface area contributed by atoms with Gasteiger partial charge in [0.2, 0.25) is 0 Å². The molecule has 0 aromatic heterocycles. The molecule has 1 heterocycles. The highest BCUT2D eigenvalue weighted by atomic mass is 32.2. The number of rotatable bonds is 0. The van der Waals surface area contributed by atoms with Crippen LogP contribution in [0.15, 0.2) is 11.6 Å². The van der Waals surface area contributed by atoms with Crippen LogP contribution in [0.3, 0.4) is 0 Å². The SMILES string of the molecule is O=C1CC[C@@H]2C1=CCC21SCCCS1. The van der Waals surface area contributed by atoms with Crippen molar-refractivity contribution in [3.63, 3.8) is 0 Å².